The SMILES string of the molecule is CCC1OC(=O)C(O[C@@H]2O[C@H](CO)[C@@H](O)[C@H](O)[C@H]2O)=C1C. The van der Waals surface area contributed by atoms with Crippen LogP contribution in [-0.4, -0.2) is 69.8 Å². The molecule has 0 aromatic heterocycles. The Morgan fingerprint density at radius 3 is 2.38 bits per heavy atom. The molecule has 2 aliphatic heterocycles. The van der Waals surface area contributed by atoms with Crippen LogP contribution in [-0.2, 0) is 19.0 Å². The highest BCUT2D eigenvalue weighted by Crippen LogP contribution is 2.30. The van der Waals surface area contributed by atoms with Crippen molar-refractivity contribution in [2.24, 2.45) is 0 Å². The molecule has 8 heteroatoms. The van der Waals surface area contributed by atoms with Gasteiger partial charge in [-0.15, -0.1) is 0 Å². The number of hydrogen-bond donors (Lipinski definition) is 4. The smallest absolute Gasteiger partial charge is 0.374 e. The summed E-state index contributed by atoms with van der Waals surface area (Å²) in [4.78, 5) is 11.7. The Morgan fingerprint density at radius 1 is 1.19 bits per heavy atom. The van der Waals surface area contributed by atoms with E-state index in [0.717, 1.165) is 0 Å². The molecule has 8 nitrogen and oxygen atoms in total. The van der Waals surface area contributed by atoms with Gasteiger partial charge in [0.2, 0.25) is 12.0 Å². The molecule has 1 saturated heterocycles. The first-order valence-corrected chi connectivity index (χ1v) is 6.79. The molecule has 0 aromatic rings. The van der Waals surface area contributed by atoms with E-state index in [0.29, 0.717) is 12.0 Å². The summed E-state index contributed by atoms with van der Waals surface area (Å²) >= 11 is 0. The zero-order chi connectivity index (χ0) is 15.7. The monoisotopic (exact) mass is 304 g/mol. The van der Waals surface area contributed by atoms with E-state index < -0.39 is 49.4 Å². The highest BCUT2D eigenvalue weighted by Gasteiger charge is 2.46. The number of carbonyl (C=O) groups excluding carboxylic acids is 1. The molecule has 0 spiro atoms. The molecule has 0 radical (unpaired) electrons. The fraction of sp³-hybridized carbons (Fsp3) is 0.769. The number of cyclic esters (lactones) is 1. The predicted octanol–water partition coefficient (Wildman–Crippen LogP) is -1.59. The zero-order valence-corrected chi connectivity index (χ0v) is 11.8. The molecule has 0 saturated carbocycles. The van der Waals surface area contributed by atoms with Gasteiger partial charge in [-0.3, -0.25) is 0 Å². The van der Waals surface area contributed by atoms with E-state index >= 15 is 0 Å². The molecule has 0 amide bonds. The summed E-state index contributed by atoms with van der Waals surface area (Å²) in [6.45, 7) is 2.95. The van der Waals surface area contributed by atoms with Crippen LogP contribution in [0, 0.1) is 0 Å². The lowest BCUT2D eigenvalue weighted by molar-refractivity contribution is -0.291. The van der Waals surface area contributed by atoms with Gasteiger partial charge in [0.25, 0.3) is 0 Å². The third-order valence-electron chi connectivity index (χ3n) is 3.73. The third-order valence-corrected chi connectivity index (χ3v) is 3.73. The molecule has 2 heterocycles. The first-order chi connectivity index (χ1) is 9.90. The number of hydrogen-bond acceptors (Lipinski definition) is 8. The van der Waals surface area contributed by atoms with Crippen molar-refractivity contribution in [1.29, 1.82) is 0 Å². The molecule has 21 heavy (non-hydrogen) atoms. The molecule has 1 fully saturated rings. The normalized spacial score (nSPS) is 40.4. The molecule has 4 N–H and O–H groups in total. The zero-order valence-electron chi connectivity index (χ0n) is 11.8. The van der Waals surface area contributed by atoms with Crippen LogP contribution in [0.3, 0.4) is 0 Å². The number of esters is 1. The Balaban J connectivity index is 2.15. The maximum Gasteiger partial charge on any atom is 0.374 e. The van der Waals surface area contributed by atoms with Crippen molar-refractivity contribution in [3.05, 3.63) is 11.3 Å². The van der Waals surface area contributed by atoms with E-state index in [-0.39, 0.29) is 5.76 Å². The Kier molecular flexibility index (Phi) is 4.84. The number of carbonyl (C=O) groups is 1. The van der Waals surface area contributed by atoms with E-state index in [1.165, 1.54) is 0 Å². The average molecular weight is 304 g/mol. The first kappa shape index (κ1) is 16.2. The number of aliphatic hydroxyl groups excluding tert-OH is 4. The van der Waals surface area contributed by atoms with Gasteiger partial charge in [-0.2, -0.15) is 0 Å². The van der Waals surface area contributed by atoms with E-state index in [1.54, 1.807) is 6.92 Å². The summed E-state index contributed by atoms with van der Waals surface area (Å²) in [6.07, 6.45) is -6.87. The van der Waals surface area contributed by atoms with Gasteiger partial charge in [0, 0.05) is 5.57 Å². The van der Waals surface area contributed by atoms with Gasteiger partial charge in [0.15, 0.2) is 0 Å². The van der Waals surface area contributed by atoms with Crippen molar-refractivity contribution >= 4 is 5.97 Å². The average Bonchev–Trinajstić information content (AvgIpc) is 2.74. The van der Waals surface area contributed by atoms with E-state index in [1.807, 2.05) is 6.92 Å². The van der Waals surface area contributed by atoms with Gasteiger partial charge in [0.05, 0.1) is 6.61 Å². The number of ether oxygens (including phenoxy) is 3. The Morgan fingerprint density at radius 2 is 1.86 bits per heavy atom. The highest BCUT2D eigenvalue weighted by atomic mass is 16.7. The summed E-state index contributed by atoms with van der Waals surface area (Å²) in [6, 6.07) is 0. The molecule has 2 rings (SSSR count). The van der Waals surface area contributed by atoms with Crippen LogP contribution < -0.4 is 0 Å². The first-order valence-electron chi connectivity index (χ1n) is 6.79. The molecular formula is C13H20O8. The Bertz CT molecular complexity index is 432. The summed E-state index contributed by atoms with van der Waals surface area (Å²) in [5.74, 6) is -0.748. The van der Waals surface area contributed by atoms with Gasteiger partial charge < -0.3 is 34.6 Å². The molecular weight excluding hydrogens is 284 g/mol. The van der Waals surface area contributed by atoms with Gasteiger partial charge in [-0.05, 0) is 13.3 Å². The quantitative estimate of drug-likeness (QED) is 0.458. The second-order valence-electron chi connectivity index (χ2n) is 5.13. The van der Waals surface area contributed by atoms with Crippen LogP contribution >= 0.6 is 0 Å². The van der Waals surface area contributed by atoms with Crippen LogP contribution in [0.15, 0.2) is 11.3 Å². The van der Waals surface area contributed by atoms with Gasteiger partial charge in [-0.1, -0.05) is 6.92 Å². The molecule has 120 valence electrons. The summed E-state index contributed by atoms with van der Waals surface area (Å²) in [5, 5.41) is 38.3. The Hall–Kier alpha value is -1.19. The van der Waals surface area contributed by atoms with Crippen molar-refractivity contribution in [2.45, 2.75) is 57.1 Å². The van der Waals surface area contributed by atoms with E-state index in [9.17, 15) is 20.1 Å². The van der Waals surface area contributed by atoms with Crippen LogP contribution in [0.25, 0.3) is 0 Å². The van der Waals surface area contributed by atoms with Gasteiger partial charge in [-0.25, -0.2) is 4.79 Å². The van der Waals surface area contributed by atoms with Crippen molar-refractivity contribution in [2.75, 3.05) is 6.61 Å². The standard InChI is InChI=1S/C13H20O8/c1-3-6-5(2)11(12(18)19-6)21-13-10(17)9(16)8(15)7(4-14)20-13/h6-10,13-17H,3-4H2,1-2H3/t6?,7-,8-,9+,10-,13+/m1/s1. The van der Waals surface area contributed by atoms with Crippen molar-refractivity contribution in [1.82, 2.24) is 0 Å². The fourth-order valence-electron chi connectivity index (χ4n) is 2.39. The van der Waals surface area contributed by atoms with Crippen LogP contribution in [0.5, 0.6) is 0 Å². The highest BCUT2D eigenvalue weighted by molar-refractivity contribution is 5.90. The van der Waals surface area contributed by atoms with Crippen LogP contribution in [0.4, 0.5) is 0 Å². The van der Waals surface area contributed by atoms with Gasteiger partial charge >= 0.3 is 5.97 Å². The molecule has 0 aromatic carbocycles. The minimum atomic E-state index is -1.56. The predicted molar refractivity (Wildman–Crippen MR) is 67.7 cm³/mol. The molecule has 2 aliphatic rings. The molecule has 6 atom stereocenters. The molecule has 0 bridgehead atoms. The van der Waals surface area contributed by atoms with Crippen molar-refractivity contribution in [3.8, 4) is 0 Å². The van der Waals surface area contributed by atoms with Crippen molar-refractivity contribution in [3.63, 3.8) is 0 Å². The second-order valence-corrected chi connectivity index (χ2v) is 5.13. The lowest BCUT2D eigenvalue weighted by Crippen LogP contribution is -2.59. The fourth-order valence-corrected chi connectivity index (χ4v) is 2.39. The summed E-state index contributed by atoms with van der Waals surface area (Å²) < 4.78 is 15.6. The molecule has 0 aliphatic carbocycles. The largest absolute Gasteiger partial charge is 0.454 e. The van der Waals surface area contributed by atoms with E-state index in [4.69, 9.17) is 19.3 Å². The maximum atomic E-state index is 11.7. The lowest BCUT2D eigenvalue weighted by Gasteiger charge is -2.39. The lowest BCUT2D eigenvalue weighted by atomic mass is 9.99. The van der Waals surface area contributed by atoms with E-state index in [2.05, 4.69) is 0 Å². The van der Waals surface area contributed by atoms with Crippen molar-refractivity contribution < 1.29 is 39.4 Å². The van der Waals surface area contributed by atoms with Crippen LogP contribution in [0.2, 0.25) is 0 Å². The summed E-state index contributed by atoms with van der Waals surface area (Å²) in [7, 11) is 0. The maximum absolute atomic E-state index is 11.7. The summed E-state index contributed by atoms with van der Waals surface area (Å²) in [5.41, 5.74) is 0.569. The number of aliphatic hydroxyl groups is 4. The second kappa shape index (κ2) is 6.29. The van der Waals surface area contributed by atoms with Crippen LogP contribution in [0.1, 0.15) is 20.3 Å². The molecule has 1 unspecified atom stereocenters. The third kappa shape index (κ3) is 2.90. The Labute approximate surface area is 121 Å². The van der Waals surface area contributed by atoms with Gasteiger partial charge in [0.1, 0.15) is 30.5 Å². The topological polar surface area (TPSA) is 126 Å². The minimum absolute atomic E-state index is 0.0776. The number of rotatable bonds is 4. The minimum Gasteiger partial charge on any atom is -0.454 e.